The predicted octanol–water partition coefficient (Wildman–Crippen LogP) is 4.76. The van der Waals surface area contributed by atoms with Crippen LogP contribution in [0.15, 0.2) is 69.2 Å². The SMILES string of the molecule is Br.Brc1ccc(C2=NNC(=Nc3ccccc3)SC2)cc1. The van der Waals surface area contributed by atoms with Crippen molar-refractivity contribution in [3.05, 3.63) is 64.6 Å². The molecule has 0 saturated heterocycles. The molecular formula is C15H13Br2N3S. The van der Waals surface area contributed by atoms with Crippen LogP contribution in [0.3, 0.4) is 0 Å². The number of amidine groups is 1. The van der Waals surface area contributed by atoms with Crippen LogP contribution in [-0.2, 0) is 0 Å². The summed E-state index contributed by atoms with van der Waals surface area (Å²) in [4.78, 5) is 4.51. The van der Waals surface area contributed by atoms with Crippen LogP contribution in [0.25, 0.3) is 0 Å². The van der Waals surface area contributed by atoms with Crippen molar-refractivity contribution < 1.29 is 0 Å². The molecule has 1 N–H and O–H groups in total. The molecule has 0 atom stereocenters. The number of rotatable bonds is 2. The van der Waals surface area contributed by atoms with Crippen molar-refractivity contribution in [1.29, 1.82) is 0 Å². The quantitative estimate of drug-likeness (QED) is 0.751. The van der Waals surface area contributed by atoms with Crippen LogP contribution in [0.4, 0.5) is 5.69 Å². The third-order valence-electron chi connectivity index (χ3n) is 2.80. The Morgan fingerprint density at radius 3 is 2.38 bits per heavy atom. The van der Waals surface area contributed by atoms with Crippen molar-refractivity contribution >= 4 is 61.2 Å². The zero-order chi connectivity index (χ0) is 13.8. The maximum atomic E-state index is 4.51. The zero-order valence-electron chi connectivity index (χ0n) is 11.0. The molecule has 0 bridgehead atoms. The van der Waals surface area contributed by atoms with E-state index in [1.165, 1.54) is 0 Å². The van der Waals surface area contributed by atoms with Gasteiger partial charge in [0.25, 0.3) is 0 Å². The van der Waals surface area contributed by atoms with Crippen molar-refractivity contribution in [3.8, 4) is 0 Å². The van der Waals surface area contributed by atoms with E-state index in [9.17, 15) is 0 Å². The fraction of sp³-hybridized carbons (Fsp3) is 0.0667. The second-order valence-corrected chi connectivity index (χ2v) is 6.10. The molecule has 6 heteroatoms. The number of hydrazone groups is 1. The Kier molecular flexibility index (Phi) is 6.02. The van der Waals surface area contributed by atoms with Crippen molar-refractivity contribution in [2.24, 2.45) is 10.1 Å². The fourth-order valence-corrected chi connectivity index (χ4v) is 2.83. The lowest BCUT2D eigenvalue weighted by molar-refractivity contribution is 1.03. The summed E-state index contributed by atoms with van der Waals surface area (Å²) >= 11 is 5.10. The second kappa shape index (κ2) is 7.77. The van der Waals surface area contributed by atoms with E-state index in [0.29, 0.717) is 0 Å². The van der Waals surface area contributed by atoms with Gasteiger partial charge in [-0.1, -0.05) is 58.0 Å². The van der Waals surface area contributed by atoms with Gasteiger partial charge in [0, 0.05) is 10.2 Å². The first-order valence-corrected chi connectivity index (χ1v) is 7.94. The molecule has 0 fully saturated rings. The Morgan fingerprint density at radius 2 is 1.76 bits per heavy atom. The number of hydrogen-bond donors (Lipinski definition) is 1. The highest BCUT2D eigenvalue weighted by molar-refractivity contribution is 9.10. The molecule has 1 heterocycles. The second-order valence-electron chi connectivity index (χ2n) is 4.22. The molecule has 3 rings (SSSR count). The van der Waals surface area contributed by atoms with Gasteiger partial charge >= 0.3 is 0 Å². The molecule has 3 nitrogen and oxygen atoms in total. The molecule has 1 aliphatic heterocycles. The minimum atomic E-state index is 0. The maximum absolute atomic E-state index is 4.51. The van der Waals surface area contributed by atoms with E-state index in [4.69, 9.17) is 0 Å². The average Bonchev–Trinajstić information content (AvgIpc) is 2.50. The fourth-order valence-electron chi connectivity index (χ4n) is 1.78. The largest absolute Gasteiger partial charge is 0.255 e. The van der Waals surface area contributed by atoms with E-state index in [2.05, 4.69) is 43.6 Å². The highest BCUT2D eigenvalue weighted by atomic mass is 79.9. The number of para-hydroxylation sites is 1. The number of hydrogen-bond acceptors (Lipinski definition) is 3. The molecule has 108 valence electrons. The first-order valence-electron chi connectivity index (χ1n) is 6.16. The molecule has 0 radical (unpaired) electrons. The lowest BCUT2D eigenvalue weighted by Gasteiger charge is -2.14. The molecule has 0 amide bonds. The number of nitrogens with one attached hydrogen (secondary N) is 1. The van der Waals surface area contributed by atoms with Crippen LogP contribution in [0.2, 0.25) is 0 Å². The Labute approximate surface area is 146 Å². The van der Waals surface area contributed by atoms with Gasteiger partial charge in [-0.05, 0) is 29.8 Å². The van der Waals surface area contributed by atoms with E-state index < -0.39 is 0 Å². The van der Waals surface area contributed by atoms with Gasteiger partial charge in [-0.2, -0.15) is 5.10 Å². The molecule has 0 aromatic heterocycles. The first kappa shape index (κ1) is 16.3. The molecule has 1 aliphatic rings. The summed E-state index contributed by atoms with van der Waals surface area (Å²) in [6.07, 6.45) is 0. The van der Waals surface area contributed by atoms with Gasteiger partial charge in [-0.15, -0.1) is 17.0 Å². The van der Waals surface area contributed by atoms with Gasteiger partial charge in [0.15, 0.2) is 5.17 Å². The van der Waals surface area contributed by atoms with E-state index in [1.807, 2.05) is 42.5 Å². The van der Waals surface area contributed by atoms with Crippen LogP contribution in [0.1, 0.15) is 5.56 Å². The molecule has 0 spiro atoms. The van der Waals surface area contributed by atoms with Crippen molar-refractivity contribution in [3.63, 3.8) is 0 Å². The molecule has 0 aliphatic carbocycles. The summed E-state index contributed by atoms with van der Waals surface area (Å²) in [6.45, 7) is 0. The van der Waals surface area contributed by atoms with Gasteiger partial charge in [0.2, 0.25) is 0 Å². The summed E-state index contributed by atoms with van der Waals surface area (Å²) < 4.78 is 1.07. The Bertz CT molecular complexity index is 654. The first-order chi connectivity index (χ1) is 9.81. The topological polar surface area (TPSA) is 36.8 Å². The number of aliphatic imine (C=N–C) groups is 1. The summed E-state index contributed by atoms with van der Waals surface area (Å²) in [5.41, 5.74) is 6.12. The third-order valence-corrected chi connectivity index (χ3v) is 4.20. The van der Waals surface area contributed by atoms with Crippen molar-refractivity contribution in [2.75, 3.05) is 5.75 Å². The molecule has 2 aromatic rings. The number of nitrogens with zero attached hydrogens (tertiary/aromatic N) is 2. The highest BCUT2D eigenvalue weighted by Gasteiger charge is 2.12. The minimum Gasteiger partial charge on any atom is -0.255 e. The van der Waals surface area contributed by atoms with Crippen LogP contribution in [0.5, 0.6) is 0 Å². The zero-order valence-corrected chi connectivity index (χ0v) is 15.1. The minimum absolute atomic E-state index is 0. The predicted molar refractivity (Wildman–Crippen MR) is 100 cm³/mol. The van der Waals surface area contributed by atoms with Gasteiger partial charge in [0.1, 0.15) is 0 Å². The normalized spacial score (nSPS) is 15.9. The van der Waals surface area contributed by atoms with Gasteiger partial charge in [-0.3, -0.25) is 5.43 Å². The summed E-state index contributed by atoms with van der Waals surface area (Å²) in [7, 11) is 0. The Balaban J connectivity index is 0.00000161. The van der Waals surface area contributed by atoms with Gasteiger partial charge in [0.05, 0.1) is 11.4 Å². The molecule has 0 saturated carbocycles. The van der Waals surface area contributed by atoms with Gasteiger partial charge in [-0.25, -0.2) is 4.99 Å². The summed E-state index contributed by atoms with van der Waals surface area (Å²) in [6, 6.07) is 18.1. The van der Waals surface area contributed by atoms with E-state index in [1.54, 1.807) is 11.8 Å². The number of halogens is 2. The van der Waals surface area contributed by atoms with Gasteiger partial charge < -0.3 is 0 Å². The molecule has 0 unspecified atom stereocenters. The molecule has 21 heavy (non-hydrogen) atoms. The van der Waals surface area contributed by atoms with Crippen LogP contribution >= 0.6 is 44.7 Å². The lowest BCUT2D eigenvalue weighted by Crippen LogP contribution is -2.25. The Hall–Kier alpha value is -1.11. The Morgan fingerprint density at radius 1 is 1.05 bits per heavy atom. The van der Waals surface area contributed by atoms with E-state index in [0.717, 1.165) is 32.4 Å². The number of thioether (sulfide) groups is 1. The molecular weight excluding hydrogens is 414 g/mol. The van der Waals surface area contributed by atoms with E-state index in [-0.39, 0.29) is 17.0 Å². The third kappa shape index (κ3) is 4.43. The molecule has 2 aromatic carbocycles. The van der Waals surface area contributed by atoms with Crippen molar-refractivity contribution in [2.45, 2.75) is 0 Å². The highest BCUT2D eigenvalue weighted by Crippen LogP contribution is 2.19. The smallest absolute Gasteiger partial charge is 0.182 e. The lowest BCUT2D eigenvalue weighted by atomic mass is 10.1. The van der Waals surface area contributed by atoms with E-state index >= 15 is 0 Å². The monoisotopic (exact) mass is 425 g/mol. The standard InChI is InChI=1S/C15H12BrN3S.BrH/c16-12-8-6-11(7-9-12)14-10-20-15(19-18-14)17-13-4-2-1-3-5-13;/h1-9H,10H2,(H,17,19);1H. The van der Waals surface area contributed by atoms with Crippen LogP contribution in [-0.4, -0.2) is 16.6 Å². The van der Waals surface area contributed by atoms with Crippen LogP contribution in [0, 0.1) is 0 Å². The van der Waals surface area contributed by atoms with Crippen LogP contribution < -0.4 is 5.43 Å². The van der Waals surface area contributed by atoms with Crippen molar-refractivity contribution in [1.82, 2.24) is 5.43 Å². The summed E-state index contributed by atoms with van der Waals surface area (Å²) in [5.74, 6) is 0.820. The number of benzene rings is 2. The maximum Gasteiger partial charge on any atom is 0.182 e. The average molecular weight is 427 g/mol. The summed E-state index contributed by atoms with van der Waals surface area (Å²) in [5, 5.41) is 5.24.